The zero-order valence-corrected chi connectivity index (χ0v) is 18.6. The van der Waals surface area contributed by atoms with Crippen molar-refractivity contribution in [2.75, 3.05) is 0 Å². The fourth-order valence-corrected chi connectivity index (χ4v) is 3.10. The van der Waals surface area contributed by atoms with Gasteiger partial charge in [-0.05, 0) is 18.1 Å². The number of aromatic nitrogens is 1. The Morgan fingerprint density at radius 3 is 2.17 bits per heavy atom. The van der Waals surface area contributed by atoms with Crippen molar-refractivity contribution in [1.82, 2.24) is 4.57 Å². The van der Waals surface area contributed by atoms with E-state index >= 15 is 0 Å². The van der Waals surface area contributed by atoms with Crippen LogP contribution in [0, 0.1) is 0 Å². The summed E-state index contributed by atoms with van der Waals surface area (Å²) in [5, 5.41) is 20.0. The zero-order chi connectivity index (χ0) is 20.8. The van der Waals surface area contributed by atoms with E-state index in [2.05, 4.69) is 0 Å². The largest absolute Gasteiger partial charge is 1.00 e. The van der Waals surface area contributed by atoms with Crippen molar-refractivity contribution >= 4 is 28.6 Å². The van der Waals surface area contributed by atoms with Crippen LogP contribution in [0.1, 0.15) is 35.5 Å². The Morgan fingerprint density at radius 1 is 1.07 bits per heavy atom. The van der Waals surface area contributed by atoms with E-state index in [0.29, 0.717) is 24.2 Å². The number of nitrogens with two attached hydrogens (primary N) is 1. The molecule has 1 heterocycles. The summed E-state index contributed by atoms with van der Waals surface area (Å²) in [5.74, 6) is -2.97. The molecule has 1 amide bonds. The van der Waals surface area contributed by atoms with Gasteiger partial charge in [0.1, 0.15) is 0 Å². The van der Waals surface area contributed by atoms with Gasteiger partial charge in [-0.2, -0.15) is 0 Å². The van der Waals surface area contributed by atoms with Crippen LogP contribution in [0.15, 0.2) is 48.5 Å². The van der Waals surface area contributed by atoms with E-state index in [-0.39, 0.29) is 46.3 Å². The number of ketones is 1. The molecule has 3 N–H and O–H groups in total. The number of Topliss-reactive ketones (excluding diaryl/α,β-unsaturated/α-hetero) is 1. The van der Waals surface area contributed by atoms with Gasteiger partial charge in [0.25, 0.3) is 17.7 Å². The number of hydrogen-bond acceptors (Lipinski definition) is 4. The molecule has 3 rings (SSSR count). The predicted octanol–water partition coefficient (Wildman–Crippen LogP) is -0.911. The van der Waals surface area contributed by atoms with Gasteiger partial charge in [-0.25, -0.2) is 0 Å². The maximum Gasteiger partial charge on any atom is 1.00 e. The van der Waals surface area contributed by atoms with Crippen LogP contribution in [0.25, 0.3) is 10.9 Å². The molecule has 0 aliphatic carbocycles. The van der Waals surface area contributed by atoms with E-state index in [4.69, 9.17) is 15.6 Å². The SMILES string of the molecule is CC(=O)O.CCc1c(C(=O)C(N)=O)c2c([O-])cccc2n1Cc1ccccc1.[Na+]. The number of carbonyl (C=O) groups excluding carboxylic acids is 2. The van der Waals surface area contributed by atoms with Crippen molar-refractivity contribution in [1.29, 1.82) is 0 Å². The Hall–Kier alpha value is -2.61. The summed E-state index contributed by atoms with van der Waals surface area (Å²) < 4.78 is 1.92. The molecule has 7 nitrogen and oxygen atoms in total. The maximum atomic E-state index is 12.3. The van der Waals surface area contributed by atoms with Crippen molar-refractivity contribution in [2.45, 2.75) is 26.8 Å². The molecule has 0 bridgehead atoms. The average molecular weight is 404 g/mol. The van der Waals surface area contributed by atoms with E-state index in [1.807, 2.05) is 41.8 Å². The molecular weight excluding hydrogens is 383 g/mol. The molecule has 0 unspecified atom stereocenters. The van der Waals surface area contributed by atoms with Gasteiger partial charge in [0.15, 0.2) is 0 Å². The third-order valence-electron chi connectivity index (χ3n) is 4.13. The van der Waals surface area contributed by atoms with Crippen LogP contribution in [0.5, 0.6) is 5.75 Å². The average Bonchev–Trinajstić information content (AvgIpc) is 2.96. The van der Waals surface area contributed by atoms with Gasteiger partial charge in [-0.3, -0.25) is 14.4 Å². The molecule has 0 saturated heterocycles. The van der Waals surface area contributed by atoms with E-state index in [1.54, 1.807) is 12.1 Å². The van der Waals surface area contributed by atoms with Gasteiger partial charge in [0.05, 0.1) is 5.56 Å². The molecule has 3 aromatic rings. The third kappa shape index (κ3) is 5.69. The van der Waals surface area contributed by atoms with Crippen LogP contribution in [0.2, 0.25) is 0 Å². The monoisotopic (exact) mass is 404 g/mol. The van der Waals surface area contributed by atoms with Crippen LogP contribution < -0.4 is 40.4 Å². The summed E-state index contributed by atoms with van der Waals surface area (Å²) in [6.45, 7) is 3.48. The molecule has 0 saturated carbocycles. The van der Waals surface area contributed by atoms with Gasteiger partial charge in [0, 0.05) is 30.1 Å². The van der Waals surface area contributed by atoms with Crippen LogP contribution in [0.4, 0.5) is 0 Å². The second-order valence-corrected chi connectivity index (χ2v) is 6.11. The smallest absolute Gasteiger partial charge is 0.872 e. The maximum absolute atomic E-state index is 12.3. The first kappa shape index (κ1) is 24.4. The second-order valence-electron chi connectivity index (χ2n) is 6.11. The Morgan fingerprint density at radius 2 is 1.66 bits per heavy atom. The molecule has 2 aromatic carbocycles. The number of amides is 1. The topological polar surface area (TPSA) is 125 Å². The predicted molar refractivity (Wildman–Crippen MR) is 103 cm³/mol. The summed E-state index contributed by atoms with van der Waals surface area (Å²) in [6.07, 6.45) is 0.509. The number of hydrogen-bond donors (Lipinski definition) is 2. The normalized spacial score (nSPS) is 9.86. The quantitative estimate of drug-likeness (QED) is 0.324. The minimum Gasteiger partial charge on any atom is -0.872 e. The summed E-state index contributed by atoms with van der Waals surface area (Å²) in [5.41, 5.74) is 7.68. The number of fused-ring (bicyclic) bond motifs is 1. The third-order valence-corrected chi connectivity index (χ3v) is 4.13. The first-order chi connectivity index (χ1) is 13.3. The van der Waals surface area contributed by atoms with Crippen LogP contribution in [-0.4, -0.2) is 27.3 Å². The Kier molecular flexibility index (Phi) is 9.10. The number of carboxylic acid groups (broad SMARTS) is 1. The summed E-state index contributed by atoms with van der Waals surface area (Å²) in [4.78, 5) is 32.8. The first-order valence-electron chi connectivity index (χ1n) is 8.66. The Bertz CT molecular complexity index is 1020. The van der Waals surface area contributed by atoms with Crippen molar-refractivity contribution in [3.05, 3.63) is 65.4 Å². The first-order valence-corrected chi connectivity index (χ1v) is 8.66. The van der Waals surface area contributed by atoms with Crippen molar-refractivity contribution in [3.8, 4) is 5.75 Å². The molecule has 0 radical (unpaired) electrons. The van der Waals surface area contributed by atoms with Crippen LogP contribution in [-0.2, 0) is 22.6 Å². The minimum atomic E-state index is -1.05. The van der Waals surface area contributed by atoms with Crippen molar-refractivity contribution < 1.29 is 54.2 Å². The Balaban J connectivity index is 0.000000771. The number of carbonyl (C=O) groups is 3. The van der Waals surface area contributed by atoms with E-state index in [9.17, 15) is 14.7 Å². The Labute approximate surface area is 190 Å². The van der Waals surface area contributed by atoms with Gasteiger partial charge in [0.2, 0.25) is 0 Å². The number of carboxylic acids is 1. The number of aliphatic carboxylic acids is 1. The zero-order valence-electron chi connectivity index (χ0n) is 16.6. The molecule has 0 aliphatic heterocycles. The summed E-state index contributed by atoms with van der Waals surface area (Å²) >= 11 is 0. The second kappa shape index (κ2) is 10.8. The van der Waals surface area contributed by atoms with Gasteiger partial charge in [-0.15, -0.1) is 0 Å². The number of nitrogens with zero attached hydrogens (tertiary/aromatic N) is 1. The fraction of sp³-hybridized carbons (Fsp3) is 0.190. The van der Waals surface area contributed by atoms with E-state index in [0.717, 1.165) is 12.5 Å². The van der Waals surface area contributed by atoms with Gasteiger partial charge in [-0.1, -0.05) is 55.1 Å². The minimum absolute atomic E-state index is 0. The standard InChI is InChI=1S/C19H18N2O3.C2H4O2.Na/c1-2-13-17(18(23)19(20)24)16-14(9-6-10-15(16)22)21(13)11-12-7-4-3-5-8-12;1-2(3)4;/h3-10,22H,2,11H2,1H3,(H2,20,24);1H3,(H,3,4);/q;;+1/p-1. The molecule has 146 valence electrons. The summed E-state index contributed by atoms with van der Waals surface area (Å²) in [6, 6.07) is 14.6. The molecule has 0 aliphatic rings. The molecule has 1 aromatic heterocycles. The van der Waals surface area contributed by atoms with Gasteiger partial charge < -0.3 is 20.5 Å². The number of rotatable bonds is 5. The molecule has 0 spiro atoms. The van der Waals surface area contributed by atoms with E-state index < -0.39 is 17.7 Å². The molecular formula is C21H21N2NaO5. The van der Waals surface area contributed by atoms with Crippen LogP contribution >= 0.6 is 0 Å². The van der Waals surface area contributed by atoms with E-state index in [1.165, 1.54) is 6.07 Å². The molecule has 29 heavy (non-hydrogen) atoms. The molecule has 0 fully saturated rings. The number of primary amides is 1. The van der Waals surface area contributed by atoms with Crippen molar-refractivity contribution in [3.63, 3.8) is 0 Å². The summed E-state index contributed by atoms with van der Waals surface area (Å²) in [7, 11) is 0. The van der Waals surface area contributed by atoms with Crippen molar-refractivity contribution in [2.24, 2.45) is 5.73 Å². The molecule has 8 heteroatoms. The fourth-order valence-electron chi connectivity index (χ4n) is 3.10. The van der Waals surface area contributed by atoms with Gasteiger partial charge >= 0.3 is 29.6 Å². The molecule has 0 atom stereocenters. The van der Waals surface area contributed by atoms with Crippen LogP contribution in [0.3, 0.4) is 0 Å². The number of benzene rings is 2.